The smallest absolute Gasteiger partial charge is 0.243 e. The maximum atomic E-state index is 13.6. The zero-order valence-corrected chi connectivity index (χ0v) is 20.4. The molecule has 33 heavy (non-hydrogen) atoms. The molecule has 3 atom stereocenters. The quantitative estimate of drug-likeness (QED) is 0.682. The molecule has 1 N–H and O–H groups in total. The molecule has 2 heterocycles. The van der Waals surface area contributed by atoms with Crippen molar-refractivity contribution in [2.75, 3.05) is 26.2 Å². The van der Waals surface area contributed by atoms with Crippen molar-refractivity contribution in [1.29, 1.82) is 0 Å². The van der Waals surface area contributed by atoms with Crippen LogP contribution in [0.2, 0.25) is 0 Å². The highest BCUT2D eigenvalue weighted by Gasteiger charge is 2.50. The summed E-state index contributed by atoms with van der Waals surface area (Å²) in [6.07, 6.45) is 3.68. The van der Waals surface area contributed by atoms with Crippen molar-refractivity contribution in [3.05, 3.63) is 65.2 Å². The van der Waals surface area contributed by atoms with Crippen molar-refractivity contribution in [2.45, 2.75) is 62.4 Å². The number of nitrogens with zero attached hydrogens (tertiary/aromatic N) is 2. The lowest BCUT2D eigenvalue weighted by Gasteiger charge is -2.57. The molecule has 2 aliphatic heterocycles. The third-order valence-electron chi connectivity index (χ3n) is 6.95. The van der Waals surface area contributed by atoms with E-state index in [1.165, 1.54) is 0 Å². The Hall–Kier alpha value is -2.17. The molecule has 176 valence electrons. The van der Waals surface area contributed by atoms with E-state index in [1.54, 1.807) is 16.4 Å². The molecule has 0 unspecified atom stereocenters. The van der Waals surface area contributed by atoms with Gasteiger partial charge >= 0.3 is 0 Å². The van der Waals surface area contributed by atoms with Crippen molar-refractivity contribution in [3.8, 4) is 11.8 Å². The van der Waals surface area contributed by atoms with Gasteiger partial charge in [-0.25, -0.2) is 8.42 Å². The molecule has 4 rings (SSSR count). The van der Waals surface area contributed by atoms with Gasteiger partial charge in [0.2, 0.25) is 10.0 Å². The third kappa shape index (κ3) is 4.88. The Kier molecular flexibility index (Phi) is 7.55. The van der Waals surface area contributed by atoms with E-state index in [0.29, 0.717) is 18.0 Å². The molecular weight excluding hydrogens is 432 g/mol. The van der Waals surface area contributed by atoms with Gasteiger partial charge in [-0.2, -0.15) is 4.31 Å². The Morgan fingerprint density at radius 2 is 1.79 bits per heavy atom. The molecule has 2 aliphatic rings. The van der Waals surface area contributed by atoms with Gasteiger partial charge in [0, 0.05) is 43.1 Å². The molecule has 0 aliphatic carbocycles. The van der Waals surface area contributed by atoms with Gasteiger partial charge in [0.15, 0.2) is 0 Å². The van der Waals surface area contributed by atoms with Gasteiger partial charge in [-0.05, 0) is 62.1 Å². The van der Waals surface area contributed by atoms with Crippen LogP contribution >= 0.6 is 0 Å². The first-order valence-corrected chi connectivity index (χ1v) is 13.4. The summed E-state index contributed by atoms with van der Waals surface area (Å²) in [7, 11) is -3.58. The van der Waals surface area contributed by atoms with Crippen molar-refractivity contribution in [3.63, 3.8) is 0 Å². The lowest BCUT2D eigenvalue weighted by molar-refractivity contribution is -0.0553. The Labute approximate surface area is 198 Å². The predicted molar refractivity (Wildman–Crippen MR) is 132 cm³/mol. The van der Waals surface area contributed by atoms with Crippen LogP contribution in [0.3, 0.4) is 0 Å². The summed E-state index contributed by atoms with van der Waals surface area (Å²) in [5, 5.41) is 10.2. The van der Waals surface area contributed by atoms with Crippen LogP contribution in [0.25, 0.3) is 0 Å². The summed E-state index contributed by atoms with van der Waals surface area (Å²) >= 11 is 0. The fraction of sp³-hybridized carbons (Fsp3) is 0.481. The Balaban J connectivity index is 1.60. The fourth-order valence-corrected chi connectivity index (χ4v) is 6.91. The van der Waals surface area contributed by atoms with Gasteiger partial charge in [0.25, 0.3) is 0 Å². The lowest BCUT2D eigenvalue weighted by atomic mass is 9.74. The van der Waals surface area contributed by atoms with Gasteiger partial charge in [-0.1, -0.05) is 49.1 Å². The van der Waals surface area contributed by atoms with Crippen LogP contribution in [0.5, 0.6) is 0 Å². The molecule has 2 saturated heterocycles. The van der Waals surface area contributed by atoms with Crippen LogP contribution in [-0.2, 0) is 10.0 Å². The molecule has 0 bridgehead atoms. The van der Waals surface area contributed by atoms with Crippen molar-refractivity contribution in [1.82, 2.24) is 9.21 Å². The average Bonchev–Trinajstić information content (AvgIpc) is 2.79. The fourth-order valence-electron chi connectivity index (χ4n) is 5.19. The van der Waals surface area contributed by atoms with Crippen molar-refractivity contribution < 1.29 is 13.5 Å². The van der Waals surface area contributed by atoms with E-state index in [4.69, 9.17) is 0 Å². The van der Waals surface area contributed by atoms with Crippen LogP contribution in [-0.4, -0.2) is 61.1 Å². The molecule has 2 fully saturated rings. The molecule has 0 saturated carbocycles. The maximum Gasteiger partial charge on any atom is 0.243 e. The number of hydrogen-bond donors (Lipinski definition) is 1. The largest absolute Gasteiger partial charge is 0.395 e. The van der Waals surface area contributed by atoms with E-state index in [-0.39, 0.29) is 24.6 Å². The van der Waals surface area contributed by atoms with Gasteiger partial charge in [-0.15, -0.1) is 0 Å². The summed E-state index contributed by atoms with van der Waals surface area (Å²) in [4.78, 5) is 2.70. The summed E-state index contributed by atoms with van der Waals surface area (Å²) in [6.45, 7) is 5.91. The highest BCUT2D eigenvalue weighted by atomic mass is 32.2. The number of aliphatic hydroxyl groups excluding tert-OH is 1. The molecule has 2 aromatic carbocycles. The van der Waals surface area contributed by atoms with Crippen LogP contribution in [0.1, 0.15) is 55.2 Å². The number of benzene rings is 2. The monoisotopic (exact) mass is 466 g/mol. The highest BCUT2D eigenvalue weighted by molar-refractivity contribution is 7.89. The number of sulfonamides is 1. The van der Waals surface area contributed by atoms with E-state index in [1.807, 2.05) is 31.2 Å². The van der Waals surface area contributed by atoms with Crippen molar-refractivity contribution in [2.24, 2.45) is 0 Å². The molecule has 6 heteroatoms. The zero-order valence-electron chi connectivity index (χ0n) is 19.6. The van der Waals surface area contributed by atoms with Crippen LogP contribution in [0.4, 0.5) is 0 Å². The number of fused-ring (bicyclic) bond motifs is 1. The molecule has 0 aromatic heterocycles. The molecule has 5 nitrogen and oxygen atoms in total. The number of aliphatic hydroxyl groups is 1. The second-order valence-electron chi connectivity index (χ2n) is 9.09. The van der Waals surface area contributed by atoms with Gasteiger partial charge in [0.05, 0.1) is 11.5 Å². The second kappa shape index (κ2) is 10.4. The van der Waals surface area contributed by atoms with Crippen LogP contribution in [0.15, 0.2) is 53.4 Å². The van der Waals surface area contributed by atoms with Crippen LogP contribution < -0.4 is 0 Å². The highest BCUT2D eigenvalue weighted by Crippen LogP contribution is 2.42. The van der Waals surface area contributed by atoms with Crippen molar-refractivity contribution >= 4 is 10.0 Å². The molecule has 0 radical (unpaired) electrons. The Bertz CT molecular complexity index is 1120. The van der Waals surface area contributed by atoms with Gasteiger partial charge in [-0.3, -0.25) is 4.90 Å². The topological polar surface area (TPSA) is 60.9 Å². The minimum absolute atomic E-state index is 0.0214. The minimum Gasteiger partial charge on any atom is -0.395 e. The SMILES string of the molecule is CCCC#Cc1ccc([C@H]2[C@@H](CO)N3CCCCN(S(=O)(=O)c4ccccc4C)C[C@H]23)cc1. The first kappa shape index (κ1) is 24.0. The summed E-state index contributed by atoms with van der Waals surface area (Å²) in [5.41, 5.74) is 2.91. The van der Waals surface area contributed by atoms with E-state index >= 15 is 0 Å². The van der Waals surface area contributed by atoms with E-state index in [2.05, 4.69) is 35.8 Å². The summed E-state index contributed by atoms with van der Waals surface area (Å²) in [6, 6.07) is 15.6. The molecular formula is C27H34N2O3S. The minimum atomic E-state index is -3.58. The summed E-state index contributed by atoms with van der Waals surface area (Å²) < 4.78 is 28.8. The normalized spacial score (nSPS) is 24.0. The number of unbranched alkanes of at least 4 members (excludes halogenated alkanes) is 1. The zero-order chi connectivity index (χ0) is 23.4. The third-order valence-corrected chi connectivity index (χ3v) is 8.97. The number of hydrogen-bond acceptors (Lipinski definition) is 4. The first-order valence-electron chi connectivity index (χ1n) is 12.0. The summed E-state index contributed by atoms with van der Waals surface area (Å²) in [5.74, 6) is 6.48. The average molecular weight is 467 g/mol. The number of rotatable bonds is 5. The molecule has 0 spiro atoms. The lowest BCUT2D eigenvalue weighted by Crippen LogP contribution is -2.67. The second-order valence-corrected chi connectivity index (χ2v) is 11.0. The van der Waals surface area contributed by atoms with Gasteiger partial charge in [0.1, 0.15) is 0 Å². The Morgan fingerprint density at radius 3 is 2.48 bits per heavy atom. The van der Waals surface area contributed by atoms with E-state index < -0.39 is 10.0 Å². The van der Waals surface area contributed by atoms with E-state index in [0.717, 1.165) is 48.9 Å². The standard InChI is InChI=1S/C27H34N2O3S/c1-3-4-5-11-22-13-15-23(16-14-22)27-24-19-28(17-8-9-18-29(24)25(27)20-30)33(31,32)26-12-7-6-10-21(26)2/h6-7,10,12-16,24-25,27,30H,3-4,8-9,17-20H2,1-2H3/t24-,25-,27-/m1/s1. The number of aryl methyl sites for hydroxylation is 1. The molecule has 0 amide bonds. The predicted octanol–water partition coefficient (Wildman–Crippen LogP) is 3.76. The molecule has 2 aromatic rings. The Morgan fingerprint density at radius 1 is 1.06 bits per heavy atom. The maximum absolute atomic E-state index is 13.6. The van der Waals surface area contributed by atoms with Gasteiger partial charge < -0.3 is 5.11 Å². The van der Waals surface area contributed by atoms with E-state index in [9.17, 15) is 13.5 Å². The van der Waals surface area contributed by atoms with Crippen LogP contribution in [0, 0.1) is 18.8 Å². The first-order chi connectivity index (χ1) is 16.0.